The van der Waals surface area contributed by atoms with Crippen LogP contribution in [0.2, 0.25) is 6.04 Å². The number of hydrogen-bond acceptors (Lipinski definition) is 5. The van der Waals surface area contributed by atoms with E-state index in [2.05, 4.69) is 0 Å². The molecule has 0 saturated carbocycles. The second-order valence-corrected chi connectivity index (χ2v) is 8.53. The van der Waals surface area contributed by atoms with Crippen LogP contribution in [0.5, 0.6) is 0 Å². The van der Waals surface area contributed by atoms with Crippen LogP contribution in [0.25, 0.3) is 0 Å². The quantitative estimate of drug-likeness (QED) is 0.157. The van der Waals surface area contributed by atoms with Gasteiger partial charge in [-0.3, -0.25) is 0 Å². The van der Waals surface area contributed by atoms with Gasteiger partial charge in [-0.15, -0.1) is 0 Å². The van der Waals surface area contributed by atoms with E-state index in [1.165, 1.54) is 31.8 Å². The van der Waals surface area contributed by atoms with E-state index in [0.717, 1.165) is 25.3 Å². The van der Waals surface area contributed by atoms with Crippen LogP contribution in [0.3, 0.4) is 0 Å². The lowest BCUT2D eigenvalue weighted by atomic mass is 10.1. The third kappa shape index (κ3) is 13.2. The summed E-state index contributed by atoms with van der Waals surface area (Å²) in [6.07, 6.45) is 11.4. The Morgan fingerprint density at radius 1 is 0.760 bits per heavy atom. The molecule has 0 heterocycles. The van der Waals surface area contributed by atoms with E-state index >= 15 is 0 Å². The molecule has 0 aliphatic rings. The minimum Gasteiger partial charge on any atom is -0.463 e. The number of carbonyl (C=O) groups excluding carboxylic acids is 1. The predicted octanol–water partition coefficient (Wildman–Crippen LogP) is 4.88. The SMILES string of the molecule is CCOC(=O)C=CCCCCCCCC[Si](OCC)(OCC)OCC. The standard InChI is InChI=1S/C19H38O5Si/c1-5-21-19(20)17-15-13-11-9-10-12-14-16-18-25(22-6-2,23-7-3)24-8-4/h15,17H,5-14,16,18H2,1-4H3. The van der Waals surface area contributed by atoms with Gasteiger partial charge in [0, 0.05) is 31.9 Å². The number of esters is 1. The molecule has 0 aromatic rings. The molecular weight excluding hydrogens is 336 g/mol. The lowest BCUT2D eigenvalue weighted by Crippen LogP contribution is -2.45. The van der Waals surface area contributed by atoms with Crippen molar-refractivity contribution in [2.75, 3.05) is 26.4 Å². The normalized spacial score (nSPS) is 12.0. The monoisotopic (exact) mass is 374 g/mol. The van der Waals surface area contributed by atoms with E-state index in [1.54, 1.807) is 0 Å². The average molecular weight is 375 g/mol. The number of carbonyl (C=O) groups is 1. The predicted molar refractivity (Wildman–Crippen MR) is 104 cm³/mol. The first kappa shape index (κ1) is 24.3. The van der Waals surface area contributed by atoms with E-state index in [0.29, 0.717) is 26.4 Å². The van der Waals surface area contributed by atoms with Crippen LogP contribution in [-0.2, 0) is 22.8 Å². The molecule has 5 nitrogen and oxygen atoms in total. The van der Waals surface area contributed by atoms with Crippen LogP contribution in [0, 0.1) is 0 Å². The van der Waals surface area contributed by atoms with Gasteiger partial charge in [0.15, 0.2) is 0 Å². The van der Waals surface area contributed by atoms with Gasteiger partial charge in [-0.1, -0.05) is 31.8 Å². The second-order valence-electron chi connectivity index (χ2n) is 5.80. The van der Waals surface area contributed by atoms with E-state index in [-0.39, 0.29) is 5.97 Å². The number of rotatable bonds is 17. The molecule has 0 rings (SSSR count). The molecule has 0 N–H and O–H groups in total. The number of ether oxygens (including phenoxy) is 1. The highest BCUT2D eigenvalue weighted by Crippen LogP contribution is 2.20. The Labute approximate surface area is 155 Å². The molecule has 0 aromatic carbocycles. The molecular formula is C19H38O5Si. The Bertz CT molecular complexity index is 330. The van der Waals surface area contributed by atoms with Crippen LogP contribution < -0.4 is 0 Å². The minimum atomic E-state index is -2.45. The van der Waals surface area contributed by atoms with E-state index in [1.807, 2.05) is 33.8 Å². The van der Waals surface area contributed by atoms with Gasteiger partial charge in [-0.25, -0.2) is 4.79 Å². The fraction of sp³-hybridized carbons (Fsp3) is 0.842. The maximum Gasteiger partial charge on any atom is 0.500 e. The highest BCUT2D eigenvalue weighted by atomic mass is 28.4. The van der Waals surface area contributed by atoms with Gasteiger partial charge in [0.05, 0.1) is 6.61 Å². The van der Waals surface area contributed by atoms with Crippen molar-refractivity contribution in [3.63, 3.8) is 0 Å². The van der Waals surface area contributed by atoms with Crippen LogP contribution in [0.4, 0.5) is 0 Å². The lowest BCUT2D eigenvalue weighted by molar-refractivity contribution is -0.137. The van der Waals surface area contributed by atoms with Gasteiger partial charge in [0.25, 0.3) is 0 Å². The zero-order valence-corrected chi connectivity index (χ0v) is 17.7. The molecule has 0 radical (unpaired) electrons. The third-order valence-electron chi connectivity index (χ3n) is 3.74. The molecule has 0 unspecified atom stereocenters. The number of unbranched alkanes of at least 4 members (excludes halogenated alkanes) is 6. The van der Waals surface area contributed by atoms with Crippen molar-refractivity contribution in [2.45, 2.75) is 78.7 Å². The third-order valence-corrected chi connectivity index (χ3v) is 6.89. The zero-order valence-electron chi connectivity index (χ0n) is 16.7. The molecule has 0 atom stereocenters. The van der Waals surface area contributed by atoms with Gasteiger partial charge in [0.1, 0.15) is 0 Å². The fourth-order valence-corrected chi connectivity index (χ4v) is 5.37. The molecule has 0 amide bonds. The highest BCUT2D eigenvalue weighted by molar-refractivity contribution is 6.60. The average Bonchev–Trinajstić information content (AvgIpc) is 2.57. The number of allylic oxidation sites excluding steroid dienone is 1. The molecule has 0 aliphatic heterocycles. The Balaban J connectivity index is 3.77. The van der Waals surface area contributed by atoms with Crippen LogP contribution in [0.1, 0.15) is 72.6 Å². The summed E-state index contributed by atoms with van der Waals surface area (Å²) in [7, 11) is -2.45. The first-order valence-corrected chi connectivity index (χ1v) is 11.8. The van der Waals surface area contributed by atoms with E-state index < -0.39 is 8.80 Å². The van der Waals surface area contributed by atoms with Gasteiger partial charge < -0.3 is 18.0 Å². The summed E-state index contributed by atoms with van der Waals surface area (Å²) in [4.78, 5) is 11.1. The minimum absolute atomic E-state index is 0.243. The van der Waals surface area contributed by atoms with Gasteiger partial charge in [0.2, 0.25) is 0 Å². The lowest BCUT2D eigenvalue weighted by Gasteiger charge is -2.28. The summed E-state index contributed by atoms with van der Waals surface area (Å²) >= 11 is 0. The Kier molecular flexibility index (Phi) is 16.3. The molecule has 148 valence electrons. The van der Waals surface area contributed by atoms with Gasteiger partial charge in [-0.05, 0) is 47.0 Å². The van der Waals surface area contributed by atoms with Gasteiger partial charge >= 0.3 is 14.8 Å². The smallest absolute Gasteiger partial charge is 0.463 e. The fourth-order valence-electron chi connectivity index (χ4n) is 2.68. The van der Waals surface area contributed by atoms with E-state index in [9.17, 15) is 4.79 Å². The van der Waals surface area contributed by atoms with Crippen molar-refractivity contribution in [2.24, 2.45) is 0 Å². The van der Waals surface area contributed by atoms with Crippen LogP contribution in [0.15, 0.2) is 12.2 Å². The molecule has 0 aliphatic carbocycles. The second kappa shape index (κ2) is 16.8. The van der Waals surface area contributed by atoms with Crippen molar-refractivity contribution in [3.8, 4) is 0 Å². The summed E-state index contributed by atoms with van der Waals surface area (Å²) in [6.45, 7) is 10.2. The maximum absolute atomic E-state index is 11.1. The summed E-state index contributed by atoms with van der Waals surface area (Å²) in [5, 5.41) is 0. The van der Waals surface area contributed by atoms with E-state index in [4.69, 9.17) is 18.0 Å². The Hall–Kier alpha value is -0.693. The van der Waals surface area contributed by atoms with Crippen molar-refractivity contribution in [3.05, 3.63) is 12.2 Å². The van der Waals surface area contributed by atoms with Crippen molar-refractivity contribution >= 4 is 14.8 Å². The Morgan fingerprint density at radius 2 is 1.28 bits per heavy atom. The highest BCUT2D eigenvalue weighted by Gasteiger charge is 2.39. The van der Waals surface area contributed by atoms with Crippen LogP contribution in [-0.4, -0.2) is 41.2 Å². The molecule has 6 heteroatoms. The summed E-state index contributed by atoms with van der Waals surface area (Å²) < 4.78 is 22.4. The first-order chi connectivity index (χ1) is 12.1. The summed E-state index contributed by atoms with van der Waals surface area (Å²) in [5.74, 6) is -0.243. The molecule has 0 saturated heterocycles. The first-order valence-electron chi connectivity index (χ1n) is 9.89. The largest absolute Gasteiger partial charge is 0.500 e. The topological polar surface area (TPSA) is 54.0 Å². The molecule has 25 heavy (non-hydrogen) atoms. The van der Waals surface area contributed by atoms with Crippen LogP contribution >= 0.6 is 0 Å². The van der Waals surface area contributed by atoms with Gasteiger partial charge in [-0.2, -0.15) is 0 Å². The molecule has 0 spiro atoms. The molecule has 0 fully saturated rings. The van der Waals surface area contributed by atoms with Crippen molar-refractivity contribution in [1.29, 1.82) is 0 Å². The zero-order chi connectivity index (χ0) is 18.8. The van der Waals surface area contributed by atoms with Crippen molar-refractivity contribution < 1.29 is 22.8 Å². The number of hydrogen-bond donors (Lipinski definition) is 0. The molecule has 0 aromatic heterocycles. The maximum atomic E-state index is 11.1. The molecule has 0 bridgehead atoms. The Morgan fingerprint density at radius 3 is 1.80 bits per heavy atom. The summed E-state index contributed by atoms with van der Waals surface area (Å²) in [6, 6.07) is 0.908. The van der Waals surface area contributed by atoms with Crippen molar-refractivity contribution in [1.82, 2.24) is 0 Å². The summed E-state index contributed by atoms with van der Waals surface area (Å²) in [5.41, 5.74) is 0.